The van der Waals surface area contributed by atoms with Crippen LogP contribution in [0.1, 0.15) is 23.2 Å². The van der Waals surface area contributed by atoms with Crippen LogP contribution in [0.25, 0.3) is 0 Å². The van der Waals surface area contributed by atoms with Gasteiger partial charge >= 0.3 is 0 Å². The van der Waals surface area contributed by atoms with Crippen LogP contribution < -0.4 is 10.6 Å². The number of carbonyl (C=O) groups excluding carboxylic acids is 1. The van der Waals surface area contributed by atoms with E-state index in [0.29, 0.717) is 0 Å². The number of phenols is 1. The number of halogens is 1. The van der Waals surface area contributed by atoms with Crippen molar-refractivity contribution in [3.05, 3.63) is 29.6 Å². The van der Waals surface area contributed by atoms with Gasteiger partial charge in [0.05, 0.1) is 5.56 Å². The van der Waals surface area contributed by atoms with Gasteiger partial charge in [-0.1, -0.05) is 0 Å². The summed E-state index contributed by atoms with van der Waals surface area (Å²) in [4.78, 5) is 11.8. The highest BCUT2D eigenvalue weighted by molar-refractivity contribution is 5.96. The van der Waals surface area contributed by atoms with Crippen LogP contribution in [-0.2, 0) is 0 Å². The number of aromatic hydroxyl groups is 1. The number of carbonyl (C=O) groups is 1. The van der Waals surface area contributed by atoms with Crippen LogP contribution in [0.4, 0.5) is 4.39 Å². The molecular formula is C12H15FN2O2. The maximum absolute atomic E-state index is 13.0. The largest absolute Gasteiger partial charge is 0.507 e. The number of amides is 1. The van der Waals surface area contributed by atoms with Crippen molar-refractivity contribution in [3.63, 3.8) is 0 Å². The molecule has 4 nitrogen and oxygen atoms in total. The number of hydrogen-bond acceptors (Lipinski definition) is 3. The normalized spacial score (nSPS) is 16.8. The molecule has 0 aliphatic carbocycles. The summed E-state index contributed by atoms with van der Waals surface area (Å²) in [6.45, 7) is 1.72. The summed E-state index contributed by atoms with van der Waals surface area (Å²) in [5.41, 5.74) is -0.0106. The first kappa shape index (κ1) is 11.9. The molecule has 0 spiro atoms. The second-order valence-corrected chi connectivity index (χ2v) is 4.16. The van der Waals surface area contributed by atoms with Gasteiger partial charge in [0, 0.05) is 6.04 Å². The van der Waals surface area contributed by atoms with E-state index in [-0.39, 0.29) is 17.4 Å². The lowest BCUT2D eigenvalue weighted by atomic mass is 10.1. The zero-order valence-corrected chi connectivity index (χ0v) is 9.37. The Kier molecular flexibility index (Phi) is 3.58. The Morgan fingerprint density at radius 1 is 1.41 bits per heavy atom. The number of hydrogen-bond donors (Lipinski definition) is 3. The van der Waals surface area contributed by atoms with Gasteiger partial charge in [0.1, 0.15) is 11.6 Å². The highest BCUT2D eigenvalue weighted by atomic mass is 19.1. The molecular weight excluding hydrogens is 223 g/mol. The van der Waals surface area contributed by atoms with Crippen LogP contribution in [0.5, 0.6) is 5.75 Å². The van der Waals surface area contributed by atoms with Crippen molar-refractivity contribution in [2.45, 2.75) is 18.9 Å². The van der Waals surface area contributed by atoms with Gasteiger partial charge in [0.25, 0.3) is 5.91 Å². The average Bonchev–Trinajstić information content (AvgIpc) is 2.33. The van der Waals surface area contributed by atoms with E-state index in [0.717, 1.165) is 38.1 Å². The lowest BCUT2D eigenvalue weighted by molar-refractivity contribution is 0.0926. The first-order valence-electron chi connectivity index (χ1n) is 5.67. The molecule has 0 aromatic heterocycles. The maximum atomic E-state index is 13.0. The molecule has 0 unspecified atom stereocenters. The summed E-state index contributed by atoms with van der Waals surface area (Å²) in [7, 11) is 0. The lowest BCUT2D eigenvalue weighted by Gasteiger charge is -2.23. The van der Waals surface area contributed by atoms with E-state index < -0.39 is 11.7 Å². The standard InChI is InChI=1S/C12H15FN2O2/c13-8-1-2-11(16)10(7-8)12(17)15-9-3-5-14-6-4-9/h1-2,7,9,14,16H,3-6H2,(H,15,17). The molecule has 1 saturated heterocycles. The van der Waals surface area contributed by atoms with E-state index in [4.69, 9.17) is 0 Å². The van der Waals surface area contributed by atoms with E-state index in [1.165, 1.54) is 6.07 Å². The highest BCUT2D eigenvalue weighted by Gasteiger charge is 2.18. The monoisotopic (exact) mass is 238 g/mol. The minimum Gasteiger partial charge on any atom is -0.507 e. The van der Waals surface area contributed by atoms with E-state index in [1.807, 2.05) is 0 Å². The zero-order chi connectivity index (χ0) is 12.3. The molecule has 17 heavy (non-hydrogen) atoms. The predicted octanol–water partition coefficient (Wildman–Crippen LogP) is 1.01. The third kappa shape index (κ3) is 2.94. The summed E-state index contributed by atoms with van der Waals surface area (Å²) in [5.74, 6) is -1.15. The van der Waals surface area contributed by atoms with Crippen molar-refractivity contribution in [1.29, 1.82) is 0 Å². The fourth-order valence-corrected chi connectivity index (χ4v) is 1.92. The Labute approximate surface area is 98.8 Å². The van der Waals surface area contributed by atoms with Crippen LogP contribution in [0.15, 0.2) is 18.2 Å². The molecule has 1 aromatic carbocycles. The zero-order valence-electron chi connectivity index (χ0n) is 9.37. The lowest BCUT2D eigenvalue weighted by Crippen LogP contribution is -2.42. The molecule has 0 bridgehead atoms. The second-order valence-electron chi connectivity index (χ2n) is 4.16. The van der Waals surface area contributed by atoms with E-state index in [2.05, 4.69) is 10.6 Å². The van der Waals surface area contributed by atoms with E-state index in [1.54, 1.807) is 0 Å². The summed E-state index contributed by atoms with van der Waals surface area (Å²) in [6.07, 6.45) is 1.70. The van der Waals surface area contributed by atoms with Crippen molar-refractivity contribution < 1.29 is 14.3 Å². The van der Waals surface area contributed by atoms with Gasteiger partial charge in [-0.05, 0) is 44.1 Å². The Morgan fingerprint density at radius 2 is 2.12 bits per heavy atom. The van der Waals surface area contributed by atoms with Gasteiger partial charge in [0.2, 0.25) is 0 Å². The van der Waals surface area contributed by atoms with Gasteiger partial charge < -0.3 is 15.7 Å². The first-order valence-corrected chi connectivity index (χ1v) is 5.67. The minimum absolute atomic E-state index is 0.0106. The van der Waals surface area contributed by atoms with Crippen LogP contribution >= 0.6 is 0 Å². The third-order valence-electron chi connectivity index (χ3n) is 2.88. The SMILES string of the molecule is O=C(NC1CCNCC1)c1cc(F)ccc1O. The average molecular weight is 238 g/mol. The summed E-state index contributed by atoms with van der Waals surface area (Å²) in [6, 6.07) is 3.45. The molecule has 1 aromatic rings. The predicted molar refractivity (Wildman–Crippen MR) is 61.4 cm³/mol. The van der Waals surface area contributed by atoms with Crippen molar-refractivity contribution in [2.75, 3.05) is 13.1 Å². The van der Waals surface area contributed by atoms with E-state index in [9.17, 15) is 14.3 Å². The van der Waals surface area contributed by atoms with Crippen molar-refractivity contribution in [1.82, 2.24) is 10.6 Å². The molecule has 0 atom stereocenters. The Morgan fingerprint density at radius 3 is 2.82 bits per heavy atom. The third-order valence-corrected chi connectivity index (χ3v) is 2.88. The molecule has 1 fully saturated rings. The summed E-state index contributed by atoms with van der Waals surface area (Å²) < 4.78 is 13.0. The molecule has 92 valence electrons. The number of benzene rings is 1. The van der Waals surface area contributed by atoms with Crippen LogP contribution in [0.3, 0.4) is 0 Å². The fourth-order valence-electron chi connectivity index (χ4n) is 1.92. The molecule has 0 radical (unpaired) electrons. The quantitative estimate of drug-likeness (QED) is 0.720. The van der Waals surface area contributed by atoms with Crippen molar-refractivity contribution in [2.24, 2.45) is 0 Å². The number of phenolic OH excluding ortho intramolecular Hbond substituents is 1. The van der Waals surface area contributed by atoms with Gasteiger partial charge in [-0.2, -0.15) is 0 Å². The van der Waals surface area contributed by atoms with Crippen molar-refractivity contribution >= 4 is 5.91 Å². The Hall–Kier alpha value is -1.62. The first-order chi connectivity index (χ1) is 8.16. The van der Waals surface area contributed by atoms with E-state index >= 15 is 0 Å². The van der Waals surface area contributed by atoms with Crippen molar-refractivity contribution in [3.8, 4) is 5.75 Å². The Balaban J connectivity index is 2.05. The summed E-state index contributed by atoms with van der Waals surface area (Å²) in [5, 5.41) is 15.5. The molecule has 5 heteroatoms. The van der Waals surface area contributed by atoms with Gasteiger partial charge in [0.15, 0.2) is 0 Å². The van der Waals surface area contributed by atoms with Crippen LogP contribution in [-0.4, -0.2) is 30.1 Å². The minimum atomic E-state index is -0.529. The fraction of sp³-hybridized carbons (Fsp3) is 0.417. The molecule has 1 amide bonds. The van der Waals surface area contributed by atoms with Gasteiger partial charge in [-0.15, -0.1) is 0 Å². The number of rotatable bonds is 2. The number of piperidine rings is 1. The van der Waals surface area contributed by atoms with Crippen LogP contribution in [0, 0.1) is 5.82 Å². The molecule has 2 rings (SSSR count). The molecule has 0 saturated carbocycles. The van der Waals surface area contributed by atoms with Crippen LogP contribution in [0.2, 0.25) is 0 Å². The molecule has 1 heterocycles. The maximum Gasteiger partial charge on any atom is 0.255 e. The highest BCUT2D eigenvalue weighted by Crippen LogP contribution is 2.18. The molecule has 1 aliphatic heterocycles. The topological polar surface area (TPSA) is 61.4 Å². The summed E-state index contributed by atoms with van der Waals surface area (Å²) >= 11 is 0. The smallest absolute Gasteiger partial charge is 0.255 e. The Bertz CT molecular complexity index is 417. The second kappa shape index (κ2) is 5.14. The number of nitrogens with one attached hydrogen (secondary N) is 2. The van der Waals surface area contributed by atoms with Gasteiger partial charge in [-0.3, -0.25) is 4.79 Å². The molecule has 1 aliphatic rings. The molecule has 3 N–H and O–H groups in total. The van der Waals surface area contributed by atoms with Gasteiger partial charge in [-0.25, -0.2) is 4.39 Å².